The summed E-state index contributed by atoms with van der Waals surface area (Å²) in [5.74, 6) is 0.412. The number of aryl methyl sites for hydroxylation is 2. The van der Waals surface area contributed by atoms with Crippen molar-refractivity contribution in [1.29, 1.82) is 0 Å². The molecule has 0 saturated carbocycles. The maximum Gasteiger partial charge on any atom is 0.352 e. The average Bonchev–Trinajstić information content (AvgIpc) is 3.17. The molecule has 0 atom stereocenters. The van der Waals surface area contributed by atoms with E-state index in [2.05, 4.69) is 5.10 Å². The summed E-state index contributed by atoms with van der Waals surface area (Å²) in [5, 5.41) is 6.32. The van der Waals surface area contributed by atoms with Crippen molar-refractivity contribution in [2.75, 3.05) is 0 Å². The lowest BCUT2D eigenvalue weighted by atomic mass is 10.1. The molecular weight excluding hydrogens is 336 g/mol. The topological polar surface area (TPSA) is 61.3 Å². The molecule has 3 heterocycles. The van der Waals surface area contributed by atoms with Gasteiger partial charge in [0.2, 0.25) is 5.78 Å². The van der Waals surface area contributed by atoms with Crippen LogP contribution in [0.25, 0.3) is 16.0 Å². The number of benzene rings is 1. The predicted octanol–water partition coefficient (Wildman–Crippen LogP) is 2.64. The molecule has 0 unspecified atom stereocenters. The summed E-state index contributed by atoms with van der Waals surface area (Å²) in [6.45, 7) is 4.94. The molecule has 4 rings (SSSR count). The molecule has 0 bridgehead atoms. The van der Waals surface area contributed by atoms with E-state index in [1.54, 1.807) is 8.97 Å². The van der Waals surface area contributed by atoms with E-state index in [4.69, 9.17) is 0 Å². The Morgan fingerprint density at radius 2 is 2.04 bits per heavy atom. The van der Waals surface area contributed by atoms with Crippen molar-refractivity contribution in [2.24, 2.45) is 0 Å². The lowest BCUT2D eigenvalue weighted by Crippen LogP contribution is -2.25. The molecule has 0 radical (unpaired) electrons. The second kappa shape index (κ2) is 6.00. The van der Waals surface area contributed by atoms with Gasteiger partial charge in [-0.15, -0.1) is 16.4 Å². The molecule has 0 aliphatic carbocycles. The van der Waals surface area contributed by atoms with Gasteiger partial charge in [0.15, 0.2) is 0 Å². The van der Waals surface area contributed by atoms with Gasteiger partial charge in [-0.3, -0.25) is 9.36 Å². The van der Waals surface area contributed by atoms with Crippen molar-refractivity contribution in [3.8, 4) is 0 Å². The Labute approximate surface area is 147 Å². The minimum Gasteiger partial charge on any atom is -0.276 e. The first kappa shape index (κ1) is 15.8. The molecule has 3 aromatic heterocycles. The third kappa shape index (κ3) is 2.51. The fraction of sp³-hybridized carbons (Fsp3) is 0.278. The zero-order chi connectivity index (χ0) is 17.6. The molecule has 0 spiro atoms. The van der Waals surface area contributed by atoms with Crippen LogP contribution in [0.15, 0.2) is 45.3 Å². The number of aromatic nitrogens is 4. The first-order chi connectivity index (χ1) is 12.1. The zero-order valence-corrected chi connectivity index (χ0v) is 14.9. The smallest absolute Gasteiger partial charge is 0.276 e. The summed E-state index contributed by atoms with van der Waals surface area (Å²) in [5.41, 5.74) is 2.49. The number of fused-ring (bicyclic) bond motifs is 3. The highest BCUT2D eigenvalue weighted by Gasteiger charge is 2.17. The van der Waals surface area contributed by atoms with Gasteiger partial charge in [-0.25, -0.2) is 13.9 Å². The van der Waals surface area contributed by atoms with Gasteiger partial charge in [-0.1, -0.05) is 36.8 Å². The summed E-state index contributed by atoms with van der Waals surface area (Å²) >= 11 is 1.36. The zero-order valence-electron chi connectivity index (χ0n) is 14.1. The molecule has 128 valence electrons. The Balaban J connectivity index is 1.99. The Bertz CT molecular complexity index is 1200. The van der Waals surface area contributed by atoms with Crippen LogP contribution >= 0.6 is 11.3 Å². The molecule has 25 heavy (non-hydrogen) atoms. The van der Waals surface area contributed by atoms with Crippen molar-refractivity contribution in [2.45, 2.75) is 33.4 Å². The fourth-order valence-electron chi connectivity index (χ4n) is 3.15. The van der Waals surface area contributed by atoms with E-state index < -0.39 is 0 Å². The number of thiophene rings is 1. The van der Waals surface area contributed by atoms with Gasteiger partial charge in [0.05, 0.1) is 12.1 Å². The molecule has 0 amide bonds. The monoisotopic (exact) mass is 354 g/mol. The van der Waals surface area contributed by atoms with Gasteiger partial charge in [0.1, 0.15) is 4.70 Å². The van der Waals surface area contributed by atoms with Crippen LogP contribution in [0.4, 0.5) is 0 Å². The van der Waals surface area contributed by atoms with Crippen molar-refractivity contribution in [3.05, 3.63) is 67.7 Å². The van der Waals surface area contributed by atoms with Crippen molar-refractivity contribution < 1.29 is 0 Å². The standard InChI is InChI=1S/C18H18N4O2S/c1-3-8-20-16(23)15-14(7-9-25-15)22-17(20)19-21(18(22)24)11-13-6-4-5-12(2)10-13/h4-7,9-10H,3,8,11H2,1-2H3. The normalized spacial score (nSPS) is 11.6. The van der Waals surface area contributed by atoms with Gasteiger partial charge in [0, 0.05) is 6.54 Å². The van der Waals surface area contributed by atoms with E-state index in [0.29, 0.717) is 29.1 Å². The van der Waals surface area contributed by atoms with Crippen LogP contribution < -0.4 is 11.2 Å². The van der Waals surface area contributed by atoms with Gasteiger partial charge in [-0.2, -0.15) is 0 Å². The number of hydrogen-bond acceptors (Lipinski definition) is 4. The van der Waals surface area contributed by atoms with Gasteiger partial charge in [0.25, 0.3) is 5.56 Å². The Kier molecular flexibility index (Phi) is 3.80. The molecule has 1 aromatic carbocycles. The molecule has 7 heteroatoms. The first-order valence-electron chi connectivity index (χ1n) is 8.25. The van der Waals surface area contributed by atoms with Crippen molar-refractivity contribution in [3.63, 3.8) is 0 Å². The van der Waals surface area contributed by atoms with E-state index in [0.717, 1.165) is 17.5 Å². The number of nitrogens with zero attached hydrogens (tertiary/aromatic N) is 4. The molecule has 0 aliphatic rings. The minimum atomic E-state index is -0.218. The maximum absolute atomic E-state index is 13.0. The van der Waals surface area contributed by atoms with Crippen molar-refractivity contribution >= 4 is 27.3 Å². The predicted molar refractivity (Wildman–Crippen MR) is 99.7 cm³/mol. The quantitative estimate of drug-likeness (QED) is 0.566. The van der Waals surface area contributed by atoms with Crippen LogP contribution in [-0.4, -0.2) is 18.7 Å². The van der Waals surface area contributed by atoms with E-state index in [9.17, 15) is 9.59 Å². The first-order valence-corrected chi connectivity index (χ1v) is 9.13. The second-order valence-electron chi connectivity index (χ2n) is 6.16. The van der Waals surface area contributed by atoms with E-state index >= 15 is 0 Å². The largest absolute Gasteiger partial charge is 0.352 e. The lowest BCUT2D eigenvalue weighted by molar-refractivity contribution is 0.639. The summed E-state index contributed by atoms with van der Waals surface area (Å²) in [7, 11) is 0. The highest BCUT2D eigenvalue weighted by molar-refractivity contribution is 7.17. The Morgan fingerprint density at radius 3 is 2.80 bits per heavy atom. The Hall–Kier alpha value is -2.67. The van der Waals surface area contributed by atoms with Crippen LogP contribution in [0.1, 0.15) is 24.5 Å². The summed E-state index contributed by atoms with van der Waals surface area (Å²) in [6.07, 6.45) is 0.797. The number of hydrogen-bond donors (Lipinski definition) is 0. The SMILES string of the molecule is CCCn1c(=O)c2sccc2n2c(=O)n(Cc3cccc(C)c3)nc12. The number of rotatable bonds is 4. The van der Waals surface area contributed by atoms with E-state index in [-0.39, 0.29) is 11.2 Å². The van der Waals surface area contributed by atoms with Crippen LogP contribution in [0.5, 0.6) is 0 Å². The summed E-state index contributed by atoms with van der Waals surface area (Å²) in [4.78, 5) is 25.7. The lowest BCUT2D eigenvalue weighted by Gasteiger charge is -2.05. The van der Waals surface area contributed by atoms with Crippen LogP contribution in [0, 0.1) is 6.92 Å². The highest BCUT2D eigenvalue weighted by atomic mass is 32.1. The van der Waals surface area contributed by atoms with Crippen LogP contribution in [0.3, 0.4) is 0 Å². The van der Waals surface area contributed by atoms with Crippen LogP contribution in [0.2, 0.25) is 0 Å². The third-order valence-electron chi connectivity index (χ3n) is 4.25. The highest BCUT2D eigenvalue weighted by Crippen LogP contribution is 2.17. The summed E-state index contributed by atoms with van der Waals surface area (Å²) < 4.78 is 5.19. The molecule has 4 aromatic rings. The van der Waals surface area contributed by atoms with E-state index in [1.165, 1.54) is 16.0 Å². The maximum atomic E-state index is 13.0. The van der Waals surface area contributed by atoms with Gasteiger partial charge in [-0.05, 0) is 30.4 Å². The fourth-order valence-corrected chi connectivity index (χ4v) is 3.97. The molecule has 0 N–H and O–H groups in total. The average molecular weight is 354 g/mol. The van der Waals surface area contributed by atoms with E-state index in [1.807, 2.05) is 49.6 Å². The van der Waals surface area contributed by atoms with Crippen LogP contribution in [-0.2, 0) is 13.1 Å². The van der Waals surface area contributed by atoms with Gasteiger partial charge < -0.3 is 0 Å². The third-order valence-corrected chi connectivity index (χ3v) is 5.14. The van der Waals surface area contributed by atoms with Crippen molar-refractivity contribution in [1.82, 2.24) is 18.7 Å². The summed E-state index contributed by atoms with van der Waals surface area (Å²) in [6, 6.07) is 9.81. The second-order valence-corrected chi connectivity index (χ2v) is 7.07. The molecule has 6 nitrogen and oxygen atoms in total. The van der Waals surface area contributed by atoms with Gasteiger partial charge >= 0.3 is 5.69 Å². The molecule has 0 aliphatic heterocycles. The molecule has 0 saturated heterocycles. The molecule has 0 fully saturated rings. The Morgan fingerprint density at radius 1 is 1.20 bits per heavy atom. The minimum absolute atomic E-state index is 0.0768. The molecular formula is C18H18N4O2S.